The third-order valence-corrected chi connectivity index (χ3v) is 4.40. The van der Waals surface area contributed by atoms with Crippen molar-refractivity contribution in [3.63, 3.8) is 0 Å². The molecule has 0 bridgehead atoms. The summed E-state index contributed by atoms with van der Waals surface area (Å²) in [4.78, 5) is 14.8. The third-order valence-electron chi connectivity index (χ3n) is 4.40. The van der Waals surface area contributed by atoms with E-state index in [-0.39, 0.29) is 11.4 Å². The Balaban J connectivity index is 2.00. The van der Waals surface area contributed by atoms with Crippen LogP contribution in [0.3, 0.4) is 0 Å². The molecule has 1 amide bonds. The maximum absolute atomic E-state index is 13.0. The first kappa shape index (κ1) is 16.3. The van der Waals surface area contributed by atoms with Crippen molar-refractivity contribution < 1.29 is 4.79 Å². The van der Waals surface area contributed by atoms with E-state index in [2.05, 4.69) is 52.0 Å². The molecule has 1 heterocycles. The first-order valence-corrected chi connectivity index (χ1v) is 8.26. The zero-order valence-electron chi connectivity index (χ0n) is 14.7. The van der Waals surface area contributed by atoms with Gasteiger partial charge in [0.1, 0.15) is 0 Å². The summed E-state index contributed by atoms with van der Waals surface area (Å²) in [6, 6.07) is 16.2. The summed E-state index contributed by atoms with van der Waals surface area (Å²) in [5.41, 5.74) is 5.20. The lowest BCUT2D eigenvalue weighted by Crippen LogP contribution is -2.48. The molecule has 24 heavy (non-hydrogen) atoms. The quantitative estimate of drug-likeness (QED) is 0.694. The maximum Gasteiger partial charge on any atom is 0.251 e. The third kappa shape index (κ3) is 3.05. The van der Waals surface area contributed by atoms with Gasteiger partial charge in [0.25, 0.3) is 5.91 Å². The highest BCUT2D eigenvalue weighted by atomic mass is 16.2. The number of aryl methyl sites for hydroxylation is 1. The molecule has 2 aromatic rings. The lowest BCUT2D eigenvalue weighted by molar-refractivity contribution is -0.114. The number of allylic oxidation sites excluding steroid dienone is 1. The predicted octanol–water partition coefficient (Wildman–Crippen LogP) is 5.24. The van der Waals surface area contributed by atoms with Gasteiger partial charge in [0.05, 0.1) is 11.2 Å². The van der Waals surface area contributed by atoms with Crippen molar-refractivity contribution in [2.24, 2.45) is 0 Å². The maximum atomic E-state index is 13.0. The van der Waals surface area contributed by atoms with Gasteiger partial charge in [-0.1, -0.05) is 48.0 Å². The van der Waals surface area contributed by atoms with Crippen LogP contribution in [-0.4, -0.2) is 11.4 Å². The van der Waals surface area contributed by atoms with E-state index in [0.717, 1.165) is 16.8 Å². The van der Waals surface area contributed by atoms with Gasteiger partial charge in [-0.05, 0) is 57.0 Å². The summed E-state index contributed by atoms with van der Waals surface area (Å²) < 4.78 is 0. The normalized spacial score (nSPS) is 16.0. The van der Waals surface area contributed by atoms with Gasteiger partial charge in [0.15, 0.2) is 0 Å². The number of benzene rings is 2. The Bertz CT molecular complexity index is 828. The number of hydrogen-bond donors (Lipinski definition) is 0. The molecule has 1 aliphatic rings. The molecule has 0 spiro atoms. The molecule has 122 valence electrons. The van der Waals surface area contributed by atoms with Crippen molar-refractivity contribution in [2.75, 3.05) is 4.90 Å². The van der Waals surface area contributed by atoms with Crippen LogP contribution in [0.15, 0.2) is 60.7 Å². The smallest absolute Gasteiger partial charge is 0.251 e. The summed E-state index contributed by atoms with van der Waals surface area (Å²) in [5, 5.41) is 0. The van der Waals surface area contributed by atoms with Gasteiger partial charge < -0.3 is 0 Å². The number of fused-ring (bicyclic) bond motifs is 1. The fourth-order valence-corrected chi connectivity index (χ4v) is 3.35. The molecule has 0 unspecified atom stereocenters. The number of carbonyl (C=O) groups is 1. The van der Waals surface area contributed by atoms with Gasteiger partial charge in [-0.15, -0.1) is 0 Å². The predicted molar refractivity (Wildman–Crippen MR) is 102 cm³/mol. The van der Waals surface area contributed by atoms with Crippen LogP contribution < -0.4 is 4.90 Å². The molecule has 1 aliphatic heterocycles. The number of amides is 1. The number of hydrogen-bond acceptors (Lipinski definition) is 1. The highest BCUT2D eigenvalue weighted by molar-refractivity contribution is 6.08. The largest absolute Gasteiger partial charge is 0.299 e. The Morgan fingerprint density at radius 2 is 1.75 bits per heavy atom. The van der Waals surface area contributed by atoms with E-state index in [1.165, 1.54) is 11.1 Å². The zero-order valence-corrected chi connectivity index (χ0v) is 14.7. The average molecular weight is 317 g/mol. The monoisotopic (exact) mass is 317 g/mol. The second-order valence-corrected chi connectivity index (χ2v) is 6.92. The molecular formula is C22H23NO. The topological polar surface area (TPSA) is 20.3 Å². The van der Waals surface area contributed by atoms with E-state index in [1.54, 1.807) is 6.08 Å². The minimum atomic E-state index is -0.357. The molecule has 0 saturated carbocycles. The number of carbonyl (C=O) groups excluding carboxylic acids is 1. The first-order valence-electron chi connectivity index (χ1n) is 8.26. The zero-order chi connectivity index (χ0) is 17.3. The Hall–Kier alpha value is -2.61. The van der Waals surface area contributed by atoms with Crippen molar-refractivity contribution in [1.82, 2.24) is 0 Å². The van der Waals surface area contributed by atoms with Crippen molar-refractivity contribution in [1.29, 1.82) is 0 Å². The van der Waals surface area contributed by atoms with E-state index in [1.807, 2.05) is 41.3 Å². The fraction of sp³-hybridized carbons (Fsp3) is 0.227. The summed E-state index contributed by atoms with van der Waals surface area (Å²) in [6.45, 7) is 8.34. The lowest BCUT2D eigenvalue weighted by atomic mass is 9.88. The van der Waals surface area contributed by atoms with E-state index < -0.39 is 0 Å². The van der Waals surface area contributed by atoms with Gasteiger partial charge >= 0.3 is 0 Å². The van der Waals surface area contributed by atoms with Gasteiger partial charge in [0, 0.05) is 11.6 Å². The molecule has 0 N–H and O–H groups in total. The van der Waals surface area contributed by atoms with Gasteiger partial charge in [0.2, 0.25) is 0 Å². The Morgan fingerprint density at radius 1 is 1.04 bits per heavy atom. The highest BCUT2D eigenvalue weighted by Gasteiger charge is 2.34. The molecule has 2 heteroatoms. The van der Waals surface area contributed by atoms with E-state index in [4.69, 9.17) is 0 Å². The van der Waals surface area contributed by atoms with Crippen LogP contribution in [0.2, 0.25) is 0 Å². The Kier molecular flexibility index (Phi) is 4.15. The molecule has 0 aromatic heterocycles. The second kappa shape index (κ2) is 6.12. The summed E-state index contributed by atoms with van der Waals surface area (Å²) in [7, 11) is 0. The molecule has 0 saturated heterocycles. The van der Waals surface area contributed by atoms with Crippen molar-refractivity contribution in [2.45, 2.75) is 33.2 Å². The van der Waals surface area contributed by atoms with Gasteiger partial charge in [-0.3, -0.25) is 9.69 Å². The number of anilines is 1. The van der Waals surface area contributed by atoms with E-state index in [0.29, 0.717) is 0 Å². The molecule has 3 rings (SSSR count). The van der Waals surface area contributed by atoms with Crippen LogP contribution in [0.1, 0.15) is 37.5 Å². The van der Waals surface area contributed by atoms with Gasteiger partial charge in [-0.25, -0.2) is 0 Å². The molecule has 0 radical (unpaired) electrons. The van der Waals surface area contributed by atoms with Crippen LogP contribution in [0.4, 0.5) is 5.69 Å². The minimum Gasteiger partial charge on any atom is -0.299 e. The van der Waals surface area contributed by atoms with Crippen LogP contribution in [0.5, 0.6) is 0 Å². The fourth-order valence-electron chi connectivity index (χ4n) is 3.35. The lowest BCUT2D eigenvalue weighted by Gasteiger charge is -2.41. The molecule has 0 atom stereocenters. The standard InChI is InChI=1S/C22H23NO/c1-16-10-12-20-19(14-16)17(2)15-22(3,4)23(20)21(24)13-11-18-8-6-5-7-9-18/h5-15H,1-4H3. The molecule has 2 nitrogen and oxygen atoms in total. The summed E-state index contributed by atoms with van der Waals surface area (Å²) in [5.74, 6) is -0.00212. The average Bonchev–Trinajstić information content (AvgIpc) is 2.54. The Labute approximate surface area is 144 Å². The van der Waals surface area contributed by atoms with Crippen LogP contribution in [0, 0.1) is 6.92 Å². The van der Waals surface area contributed by atoms with Gasteiger partial charge in [-0.2, -0.15) is 0 Å². The van der Waals surface area contributed by atoms with E-state index in [9.17, 15) is 4.79 Å². The molecular weight excluding hydrogens is 294 g/mol. The highest BCUT2D eigenvalue weighted by Crippen LogP contribution is 2.39. The second-order valence-electron chi connectivity index (χ2n) is 6.92. The van der Waals surface area contributed by atoms with Crippen molar-refractivity contribution >= 4 is 23.2 Å². The Morgan fingerprint density at radius 3 is 2.46 bits per heavy atom. The molecule has 0 aliphatic carbocycles. The number of nitrogens with zero attached hydrogens (tertiary/aromatic N) is 1. The van der Waals surface area contributed by atoms with E-state index >= 15 is 0 Å². The van der Waals surface area contributed by atoms with Crippen LogP contribution >= 0.6 is 0 Å². The van der Waals surface area contributed by atoms with Crippen molar-refractivity contribution in [3.8, 4) is 0 Å². The summed E-state index contributed by atoms with van der Waals surface area (Å²) >= 11 is 0. The molecule has 2 aromatic carbocycles. The van der Waals surface area contributed by atoms with Crippen molar-refractivity contribution in [3.05, 3.63) is 77.4 Å². The molecule has 0 fully saturated rings. The summed E-state index contributed by atoms with van der Waals surface area (Å²) in [6.07, 6.45) is 5.70. The SMILES string of the molecule is CC1=CC(C)(C)N(C(=O)C=Cc2ccccc2)c2ccc(C)cc21. The minimum absolute atomic E-state index is 0.00212. The number of rotatable bonds is 2. The van der Waals surface area contributed by atoms with Crippen LogP contribution in [0.25, 0.3) is 11.6 Å². The van der Waals surface area contributed by atoms with Crippen LogP contribution in [-0.2, 0) is 4.79 Å². The first-order chi connectivity index (χ1) is 11.4.